The quantitative estimate of drug-likeness (QED) is 0.295. The van der Waals surface area contributed by atoms with Crippen LogP contribution in [0.25, 0.3) is 0 Å². The Kier molecular flexibility index (Phi) is 4.91. The van der Waals surface area contributed by atoms with Crippen LogP contribution in [0.15, 0.2) is 54.6 Å². The first-order chi connectivity index (χ1) is 16.8. The second-order valence-electron chi connectivity index (χ2n) is 10.2. The normalized spacial score (nSPS) is 28.9. The summed E-state index contributed by atoms with van der Waals surface area (Å²) < 4.78 is 5.62. The van der Waals surface area contributed by atoms with Gasteiger partial charge in [0.05, 0.1) is 23.4 Å². The molecular weight excluding hydrogens is 444 g/mol. The lowest BCUT2D eigenvalue weighted by molar-refractivity contribution is -0.139. The van der Waals surface area contributed by atoms with E-state index in [0.29, 0.717) is 5.69 Å². The summed E-state index contributed by atoms with van der Waals surface area (Å²) in [6.45, 7) is 4.20. The van der Waals surface area contributed by atoms with Crippen LogP contribution in [0.5, 0.6) is 5.75 Å². The molecule has 6 rings (SSSR count). The summed E-state index contributed by atoms with van der Waals surface area (Å²) in [5.41, 5.74) is 3.30. The Morgan fingerprint density at radius 1 is 0.886 bits per heavy atom. The number of amides is 3. The number of esters is 1. The number of hydrogen-bond acceptors (Lipinski definition) is 5. The molecule has 3 amide bonds. The van der Waals surface area contributed by atoms with Crippen LogP contribution in [0.2, 0.25) is 0 Å². The van der Waals surface area contributed by atoms with Crippen LogP contribution >= 0.6 is 0 Å². The second-order valence-corrected chi connectivity index (χ2v) is 10.2. The van der Waals surface area contributed by atoms with Crippen LogP contribution in [0.4, 0.5) is 11.4 Å². The average Bonchev–Trinajstić information content (AvgIpc) is 3.57. The van der Waals surface area contributed by atoms with Crippen molar-refractivity contribution in [2.45, 2.75) is 26.7 Å². The van der Waals surface area contributed by atoms with E-state index in [1.54, 1.807) is 29.2 Å². The molecule has 35 heavy (non-hydrogen) atoms. The van der Waals surface area contributed by atoms with Crippen molar-refractivity contribution in [1.82, 2.24) is 0 Å². The maximum absolute atomic E-state index is 13.1. The number of rotatable bonds is 4. The Hall–Kier alpha value is -3.74. The number of hydrogen-bond donors (Lipinski definition) is 0. The molecule has 2 bridgehead atoms. The zero-order valence-electron chi connectivity index (χ0n) is 19.6. The van der Waals surface area contributed by atoms with Crippen LogP contribution in [0, 0.1) is 43.4 Å². The third-order valence-electron chi connectivity index (χ3n) is 7.74. The standard InChI is InChI=1S/C28H26N2O5/c1-15-8-16(2)10-21(9-15)29-14-19(12-23(29)31)28(34)35-22-5-3-4-20(13-22)30-26(32)24-17-6-7-18(11-17)25(24)27(30)33/h3-10,13,17-19,24-25H,11-12,14H2,1-2H3/t17-,18+,19-,24-,25+/m1/s1. The molecule has 1 saturated carbocycles. The number of anilines is 2. The van der Waals surface area contributed by atoms with E-state index in [2.05, 4.69) is 12.2 Å². The summed E-state index contributed by atoms with van der Waals surface area (Å²) in [5.74, 6) is -1.62. The van der Waals surface area contributed by atoms with Crippen LogP contribution in [-0.4, -0.2) is 30.2 Å². The lowest BCUT2D eigenvalue weighted by Gasteiger charge is -2.19. The topological polar surface area (TPSA) is 84.0 Å². The minimum absolute atomic E-state index is 0.0771. The Bertz CT molecular complexity index is 1260. The minimum atomic E-state index is -0.594. The second kappa shape index (κ2) is 7.90. The molecule has 3 fully saturated rings. The van der Waals surface area contributed by atoms with Gasteiger partial charge in [0.2, 0.25) is 17.7 Å². The van der Waals surface area contributed by atoms with E-state index in [4.69, 9.17) is 4.74 Å². The molecule has 2 aliphatic heterocycles. The first-order valence-corrected chi connectivity index (χ1v) is 12.1. The highest BCUT2D eigenvalue weighted by Gasteiger charge is 2.59. The Balaban J connectivity index is 1.17. The molecule has 0 spiro atoms. The molecular formula is C28H26N2O5. The highest BCUT2D eigenvalue weighted by atomic mass is 16.5. The van der Waals surface area contributed by atoms with Gasteiger partial charge in [0.1, 0.15) is 5.75 Å². The van der Waals surface area contributed by atoms with Crippen LogP contribution in [0.1, 0.15) is 24.0 Å². The summed E-state index contributed by atoms with van der Waals surface area (Å²) in [4.78, 5) is 54.7. The molecule has 5 atom stereocenters. The molecule has 2 saturated heterocycles. The third-order valence-corrected chi connectivity index (χ3v) is 7.74. The minimum Gasteiger partial charge on any atom is -0.426 e. The van der Waals surface area contributed by atoms with Gasteiger partial charge in [0, 0.05) is 24.7 Å². The Morgan fingerprint density at radius 2 is 1.54 bits per heavy atom. The lowest BCUT2D eigenvalue weighted by Crippen LogP contribution is -2.32. The summed E-state index contributed by atoms with van der Waals surface area (Å²) >= 11 is 0. The zero-order valence-corrected chi connectivity index (χ0v) is 19.6. The molecule has 7 nitrogen and oxygen atoms in total. The summed E-state index contributed by atoms with van der Waals surface area (Å²) in [5, 5.41) is 0. The number of nitrogens with zero attached hydrogens (tertiary/aromatic N) is 2. The van der Waals surface area contributed by atoms with E-state index < -0.39 is 11.9 Å². The van der Waals surface area contributed by atoms with Gasteiger partial charge in [-0.15, -0.1) is 0 Å². The highest BCUT2D eigenvalue weighted by molar-refractivity contribution is 6.22. The molecule has 0 radical (unpaired) electrons. The van der Waals surface area contributed by atoms with Crippen molar-refractivity contribution >= 4 is 35.1 Å². The van der Waals surface area contributed by atoms with Gasteiger partial charge in [0.25, 0.3) is 0 Å². The molecule has 0 aromatic heterocycles. The fourth-order valence-corrected chi connectivity index (χ4v) is 6.26. The van der Waals surface area contributed by atoms with Crippen molar-refractivity contribution in [1.29, 1.82) is 0 Å². The van der Waals surface area contributed by atoms with Crippen LogP contribution in [0.3, 0.4) is 0 Å². The molecule has 7 heteroatoms. The van der Waals surface area contributed by atoms with Gasteiger partial charge in [-0.25, -0.2) is 4.90 Å². The molecule has 2 aliphatic carbocycles. The van der Waals surface area contributed by atoms with Gasteiger partial charge in [-0.2, -0.15) is 0 Å². The molecule has 2 aromatic carbocycles. The largest absolute Gasteiger partial charge is 0.426 e. The van der Waals surface area contributed by atoms with E-state index in [9.17, 15) is 19.2 Å². The van der Waals surface area contributed by atoms with E-state index in [1.807, 2.05) is 32.0 Å². The fourth-order valence-electron chi connectivity index (χ4n) is 6.26. The van der Waals surface area contributed by atoms with E-state index in [-0.39, 0.29) is 60.1 Å². The van der Waals surface area contributed by atoms with Gasteiger partial charge in [-0.1, -0.05) is 24.3 Å². The molecule has 178 valence electrons. The predicted octanol–water partition coefficient (Wildman–Crippen LogP) is 3.57. The molecule has 0 N–H and O–H groups in total. The van der Waals surface area contributed by atoms with Crippen molar-refractivity contribution in [3.8, 4) is 5.75 Å². The molecule has 2 aromatic rings. The number of ether oxygens (including phenoxy) is 1. The number of benzene rings is 2. The number of allylic oxidation sites excluding steroid dienone is 2. The van der Waals surface area contributed by atoms with Crippen molar-refractivity contribution in [2.24, 2.45) is 29.6 Å². The van der Waals surface area contributed by atoms with E-state index in [0.717, 1.165) is 23.2 Å². The maximum Gasteiger partial charge on any atom is 0.316 e. The number of carbonyl (C=O) groups excluding carboxylic acids is 4. The number of aryl methyl sites for hydroxylation is 2. The number of carbonyl (C=O) groups is 4. The van der Waals surface area contributed by atoms with Crippen LogP contribution < -0.4 is 14.5 Å². The predicted molar refractivity (Wildman–Crippen MR) is 129 cm³/mol. The summed E-state index contributed by atoms with van der Waals surface area (Å²) in [6, 6.07) is 12.4. The van der Waals surface area contributed by atoms with Crippen molar-refractivity contribution < 1.29 is 23.9 Å². The first-order valence-electron chi connectivity index (χ1n) is 12.1. The van der Waals surface area contributed by atoms with Crippen LogP contribution in [-0.2, 0) is 19.2 Å². The Morgan fingerprint density at radius 3 is 2.20 bits per heavy atom. The molecule has 0 unspecified atom stereocenters. The van der Waals surface area contributed by atoms with Crippen molar-refractivity contribution in [3.05, 3.63) is 65.7 Å². The van der Waals surface area contributed by atoms with Gasteiger partial charge in [0.15, 0.2) is 0 Å². The van der Waals surface area contributed by atoms with Gasteiger partial charge in [-0.05, 0) is 67.5 Å². The van der Waals surface area contributed by atoms with E-state index >= 15 is 0 Å². The highest BCUT2D eigenvalue weighted by Crippen LogP contribution is 2.53. The Labute approximate surface area is 203 Å². The smallest absolute Gasteiger partial charge is 0.316 e. The average molecular weight is 471 g/mol. The zero-order chi connectivity index (χ0) is 24.4. The monoisotopic (exact) mass is 470 g/mol. The lowest BCUT2D eigenvalue weighted by atomic mass is 9.85. The number of fused-ring (bicyclic) bond motifs is 5. The summed E-state index contributed by atoms with van der Waals surface area (Å²) in [6.07, 6.45) is 5.07. The van der Waals surface area contributed by atoms with E-state index in [1.165, 1.54) is 4.90 Å². The van der Waals surface area contributed by atoms with Gasteiger partial charge < -0.3 is 9.64 Å². The number of imide groups is 1. The van der Waals surface area contributed by atoms with Crippen molar-refractivity contribution in [2.75, 3.05) is 16.3 Å². The fraction of sp³-hybridized carbons (Fsp3) is 0.357. The molecule has 4 aliphatic rings. The first kappa shape index (κ1) is 21.8. The molecule has 2 heterocycles. The summed E-state index contributed by atoms with van der Waals surface area (Å²) in [7, 11) is 0. The third kappa shape index (κ3) is 3.49. The van der Waals surface area contributed by atoms with Crippen molar-refractivity contribution in [3.63, 3.8) is 0 Å². The SMILES string of the molecule is Cc1cc(C)cc(N2C[C@H](C(=O)Oc3cccc(N4C(=O)[C@@H]5[C@H](C4=O)[C@@H]4C=C[C@H]5C4)c3)CC2=O)c1. The van der Waals surface area contributed by atoms with Gasteiger partial charge in [-0.3, -0.25) is 19.2 Å². The maximum atomic E-state index is 13.1. The van der Waals surface area contributed by atoms with Gasteiger partial charge >= 0.3 is 5.97 Å².